The summed E-state index contributed by atoms with van der Waals surface area (Å²) < 4.78 is 0. The van der Waals surface area contributed by atoms with Gasteiger partial charge in [0, 0.05) is 28.7 Å². The Balaban J connectivity index is 1.56. The molecule has 0 aliphatic carbocycles. The molecule has 3 rings (SSSR count). The van der Waals surface area contributed by atoms with Crippen LogP contribution in [0.4, 0.5) is 5.69 Å². The number of imidazole rings is 1. The average molecular weight is 345 g/mol. The smallest absolute Gasteiger partial charge is 0.234 e. The highest BCUT2D eigenvalue weighted by molar-refractivity contribution is 7.99. The maximum atomic E-state index is 12.0. The second-order valence-electron chi connectivity index (χ2n) is 4.68. The summed E-state index contributed by atoms with van der Waals surface area (Å²) in [6, 6.07) is 10.8. The van der Waals surface area contributed by atoms with Crippen molar-refractivity contribution in [3.05, 3.63) is 60.0 Å². The number of anilines is 1. The number of nitrogens with zero attached hydrogens (tertiary/aromatic N) is 2. The third kappa shape index (κ3) is 4.34. The molecule has 0 saturated heterocycles. The normalized spacial score (nSPS) is 10.5. The lowest BCUT2D eigenvalue weighted by Crippen LogP contribution is -2.13. The number of carbonyl (C=O) groups excluding carboxylic acids is 1. The number of halogens is 1. The highest BCUT2D eigenvalue weighted by Gasteiger charge is 2.07. The highest BCUT2D eigenvalue weighted by atomic mass is 35.5. The molecule has 0 unspecified atom stereocenters. The second kappa shape index (κ2) is 7.30. The van der Waals surface area contributed by atoms with Crippen LogP contribution in [0, 0.1) is 0 Å². The van der Waals surface area contributed by atoms with Crippen molar-refractivity contribution in [1.82, 2.24) is 15.0 Å². The summed E-state index contributed by atoms with van der Waals surface area (Å²) in [6.45, 7) is 0. The summed E-state index contributed by atoms with van der Waals surface area (Å²) in [5, 5.41) is 4.23. The van der Waals surface area contributed by atoms with Crippen molar-refractivity contribution in [2.75, 3.05) is 11.1 Å². The molecule has 0 atom stereocenters. The van der Waals surface area contributed by atoms with E-state index in [4.69, 9.17) is 11.6 Å². The predicted molar refractivity (Wildman–Crippen MR) is 92.6 cm³/mol. The fraction of sp³-hybridized carbons (Fsp3) is 0.0625. The molecule has 0 radical (unpaired) electrons. The minimum atomic E-state index is -0.0997. The Labute approximate surface area is 142 Å². The first kappa shape index (κ1) is 15.6. The summed E-state index contributed by atoms with van der Waals surface area (Å²) in [6.07, 6.45) is 5.14. The molecule has 0 aliphatic rings. The van der Waals surface area contributed by atoms with Gasteiger partial charge in [0.15, 0.2) is 0 Å². The number of pyridine rings is 1. The number of thioether (sulfide) groups is 1. The van der Waals surface area contributed by atoms with Crippen molar-refractivity contribution >= 4 is 35.0 Å². The van der Waals surface area contributed by atoms with E-state index in [0.717, 1.165) is 16.4 Å². The Morgan fingerprint density at radius 3 is 2.87 bits per heavy atom. The quantitative estimate of drug-likeness (QED) is 0.689. The molecule has 2 N–H and O–H groups in total. The molecule has 116 valence electrons. The standard InChI is InChI=1S/C16H13ClN4OS/c17-12-2-1-3-13(8-12)20-14(22)10-23-15-9-19-16(21-15)11-4-6-18-7-5-11/h1-9H,10H2,(H,19,21)(H,20,22). The third-order valence-corrected chi connectivity index (χ3v) is 4.13. The molecule has 0 spiro atoms. The maximum absolute atomic E-state index is 12.0. The number of carbonyl (C=O) groups is 1. The van der Waals surface area contributed by atoms with E-state index in [-0.39, 0.29) is 11.7 Å². The van der Waals surface area contributed by atoms with Crippen molar-refractivity contribution < 1.29 is 4.79 Å². The van der Waals surface area contributed by atoms with Crippen molar-refractivity contribution in [2.45, 2.75) is 5.03 Å². The van der Waals surface area contributed by atoms with Crippen LogP contribution in [0.2, 0.25) is 5.02 Å². The lowest BCUT2D eigenvalue weighted by molar-refractivity contribution is -0.113. The molecule has 1 amide bonds. The zero-order chi connectivity index (χ0) is 16.1. The van der Waals surface area contributed by atoms with Gasteiger partial charge in [-0.3, -0.25) is 9.78 Å². The monoisotopic (exact) mass is 344 g/mol. The molecule has 0 saturated carbocycles. The minimum Gasteiger partial charge on any atom is -0.333 e. The number of hydrogen-bond acceptors (Lipinski definition) is 4. The molecule has 23 heavy (non-hydrogen) atoms. The predicted octanol–water partition coefficient (Wildman–Crippen LogP) is 3.86. The summed E-state index contributed by atoms with van der Waals surface area (Å²) in [5.41, 5.74) is 1.64. The number of rotatable bonds is 5. The molecule has 2 heterocycles. The number of hydrogen-bond donors (Lipinski definition) is 2. The van der Waals surface area contributed by atoms with E-state index in [1.807, 2.05) is 12.1 Å². The van der Waals surface area contributed by atoms with Gasteiger partial charge in [-0.05, 0) is 30.3 Å². The van der Waals surface area contributed by atoms with Gasteiger partial charge in [0.05, 0.1) is 17.0 Å². The Hall–Kier alpha value is -2.31. The first-order valence-electron chi connectivity index (χ1n) is 6.84. The summed E-state index contributed by atoms with van der Waals surface area (Å²) >= 11 is 7.28. The number of amides is 1. The summed E-state index contributed by atoms with van der Waals surface area (Å²) in [5.74, 6) is 0.937. The molecule has 1 aromatic carbocycles. The molecule has 0 aliphatic heterocycles. The Kier molecular flexibility index (Phi) is 4.95. The van der Waals surface area contributed by atoms with Gasteiger partial charge in [0.25, 0.3) is 0 Å². The van der Waals surface area contributed by atoms with E-state index < -0.39 is 0 Å². The van der Waals surface area contributed by atoms with Gasteiger partial charge in [-0.1, -0.05) is 29.4 Å². The first-order chi connectivity index (χ1) is 11.2. The van der Waals surface area contributed by atoms with Crippen molar-refractivity contribution in [2.24, 2.45) is 0 Å². The second-order valence-corrected chi connectivity index (χ2v) is 6.13. The van der Waals surface area contributed by atoms with Gasteiger partial charge < -0.3 is 10.3 Å². The Morgan fingerprint density at radius 2 is 2.09 bits per heavy atom. The molecular weight excluding hydrogens is 332 g/mol. The zero-order valence-corrected chi connectivity index (χ0v) is 13.6. The van der Waals surface area contributed by atoms with Crippen molar-refractivity contribution in [1.29, 1.82) is 0 Å². The molecule has 5 nitrogen and oxygen atoms in total. The van der Waals surface area contributed by atoms with Crippen LogP contribution in [-0.4, -0.2) is 26.6 Å². The van der Waals surface area contributed by atoms with Gasteiger partial charge in [0.1, 0.15) is 5.82 Å². The highest BCUT2D eigenvalue weighted by Crippen LogP contribution is 2.21. The molecule has 7 heteroatoms. The van der Waals surface area contributed by atoms with Gasteiger partial charge in [-0.15, -0.1) is 0 Å². The molecule has 0 fully saturated rings. The van der Waals surface area contributed by atoms with E-state index >= 15 is 0 Å². The number of benzene rings is 1. The Bertz CT molecular complexity index is 807. The summed E-state index contributed by atoms with van der Waals surface area (Å²) in [4.78, 5) is 23.4. The fourth-order valence-electron chi connectivity index (χ4n) is 1.94. The molecule has 2 aromatic heterocycles. The van der Waals surface area contributed by atoms with Crippen LogP contribution >= 0.6 is 23.4 Å². The number of H-pyrrole nitrogens is 1. The third-order valence-electron chi connectivity index (χ3n) is 2.97. The van der Waals surface area contributed by atoms with E-state index in [1.54, 1.807) is 42.9 Å². The van der Waals surface area contributed by atoms with Gasteiger partial charge in [-0.2, -0.15) is 0 Å². The average Bonchev–Trinajstić information content (AvgIpc) is 3.03. The Morgan fingerprint density at radius 1 is 1.26 bits per heavy atom. The zero-order valence-electron chi connectivity index (χ0n) is 12.0. The van der Waals surface area contributed by atoms with E-state index in [9.17, 15) is 4.79 Å². The van der Waals surface area contributed by atoms with E-state index in [0.29, 0.717) is 10.7 Å². The first-order valence-corrected chi connectivity index (χ1v) is 8.21. The topological polar surface area (TPSA) is 70.7 Å². The van der Waals surface area contributed by atoms with E-state index in [1.165, 1.54) is 11.8 Å². The van der Waals surface area contributed by atoms with Crippen molar-refractivity contribution in [3.8, 4) is 11.4 Å². The fourth-order valence-corrected chi connectivity index (χ4v) is 2.79. The SMILES string of the molecule is O=C(CSc1cnc(-c2ccncc2)[nH]1)Nc1cccc(Cl)c1. The molecule has 3 aromatic rings. The lowest BCUT2D eigenvalue weighted by Gasteiger charge is -2.04. The molecular formula is C16H13ClN4OS. The minimum absolute atomic E-state index is 0.0997. The van der Waals surface area contributed by atoms with Crippen LogP contribution in [0.25, 0.3) is 11.4 Å². The lowest BCUT2D eigenvalue weighted by atomic mass is 10.3. The van der Waals surface area contributed by atoms with Crippen LogP contribution in [0.5, 0.6) is 0 Å². The van der Waals surface area contributed by atoms with Crippen LogP contribution in [0.1, 0.15) is 0 Å². The number of nitrogens with one attached hydrogen (secondary N) is 2. The van der Waals surface area contributed by atoms with Gasteiger partial charge in [0.2, 0.25) is 5.91 Å². The number of aromatic nitrogens is 3. The van der Waals surface area contributed by atoms with Gasteiger partial charge in [-0.25, -0.2) is 4.98 Å². The van der Waals surface area contributed by atoms with Crippen LogP contribution in [0.3, 0.4) is 0 Å². The largest absolute Gasteiger partial charge is 0.333 e. The van der Waals surface area contributed by atoms with E-state index in [2.05, 4.69) is 20.3 Å². The molecule has 0 bridgehead atoms. The number of aromatic amines is 1. The van der Waals surface area contributed by atoms with Crippen LogP contribution < -0.4 is 5.32 Å². The van der Waals surface area contributed by atoms with Gasteiger partial charge >= 0.3 is 0 Å². The van der Waals surface area contributed by atoms with Crippen LogP contribution in [0.15, 0.2) is 60.0 Å². The maximum Gasteiger partial charge on any atom is 0.234 e. The van der Waals surface area contributed by atoms with Crippen LogP contribution in [-0.2, 0) is 4.79 Å². The van der Waals surface area contributed by atoms with Crippen molar-refractivity contribution in [3.63, 3.8) is 0 Å². The summed E-state index contributed by atoms with van der Waals surface area (Å²) in [7, 11) is 0.